The normalized spacial score (nSPS) is 26.4. The van der Waals surface area contributed by atoms with Gasteiger partial charge in [0.1, 0.15) is 0 Å². The zero-order valence-corrected chi connectivity index (χ0v) is 8.71. The summed E-state index contributed by atoms with van der Waals surface area (Å²) < 4.78 is 26.2. The third kappa shape index (κ3) is 2.17. The smallest absolute Gasteiger partial charge is 0.162 e. The SMILES string of the molecule is CC1CC1C(N)Cc1cccc(F)c1F. The minimum absolute atomic E-state index is 0.0451. The summed E-state index contributed by atoms with van der Waals surface area (Å²) in [5, 5.41) is 0. The Labute approximate surface area is 88.3 Å². The number of hydrogen-bond acceptors (Lipinski definition) is 1. The lowest BCUT2D eigenvalue weighted by Crippen LogP contribution is -2.26. The molecule has 3 atom stereocenters. The Bertz CT molecular complexity index is 365. The monoisotopic (exact) mass is 211 g/mol. The third-order valence-electron chi connectivity index (χ3n) is 3.21. The minimum Gasteiger partial charge on any atom is -0.327 e. The number of benzene rings is 1. The van der Waals surface area contributed by atoms with E-state index in [-0.39, 0.29) is 6.04 Å². The Morgan fingerprint density at radius 1 is 1.47 bits per heavy atom. The topological polar surface area (TPSA) is 26.0 Å². The van der Waals surface area contributed by atoms with E-state index in [0.717, 1.165) is 12.5 Å². The van der Waals surface area contributed by atoms with Crippen molar-refractivity contribution in [3.63, 3.8) is 0 Å². The highest BCUT2D eigenvalue weighted by Crippen LogP contribution is 2.40. The van der Waals surface area contributed by atoms with Gasteiger partial charge in [-0.2, -0.15) is 0 Å². The molecule has 0 aliphatic heterocycles. The molecular weight excluding hydrogens is 196 g/mol. The fraction of sp³-hybridized carbons (Fsp3) is 0.500. The summed E-state index contributed by atoms with van der Waals surface area (Å²) in [6.45, 7) is 2.13. The van der Waals surface area contributed by atoms with Crippen LogP contribution in [0, 0.1) is 23.5 Å². The van der Waals surface area contributed by atoms with Gasteiger partial charge in [0.05, 0.1) is 0 Å². The standard InChI is InChI=1S/C12H15F2N/c1-7-5-9(7)11(15)6-8-3-2-4-10(13)12(8)14/h2-4,7,9,11H,5-6,15H2,1H3. The van der Waals surface area contributed by atoms with Crippen LogP contribution >= 0.6 is 0 Å². The zero-order valence-electron chi connectivity index (χ0n) is 8.71. The van der Waals surface area contributed by atoms with Crippen LogP contribution in [0.15, 0.2) is 18.2 Å². The molecule has 1 aromatic rings. The average Bonchev–Trinajstić information content (AvgIpc) is 2.91. The molecule has 0 aromatic heterocycles. The molecule has 0 spiro atoms. The quantitative estimate of drug-likeness (QED) is 0.816. The zero-order chi connectivity index (χ0) is 11.0. The maximum atomic E-state index is 13.3. The molecule has 0 heterocycles. The van der Waals surface area contributed by atoms with Crippen LogP contribution < -0.4 is 5.73 Å². The van der Waals surface area contributed by atoms with Crippen molar-refractivity contribution in [3.8, 4) is 0 Å². The molecule has 1 aromatic carbocycles. The van der Waals surface area contributed by atoms with Crippen LogP contribution in [0.4, 0.5) is 8.78 Å². The first-order chi connectivity index (χ1) is 7.09. The molecule has 0 radical (unpaired) electrons. The van der Waals surface area contributed by atoms with Crippen molar-refractivity contribution in [2.45, 2.75) is 25.8 Å². The Balaban J connectivity index is 2.07. The van der Waals surface area contributed by atoms with Crippen molar-refractivity contribution in [2.75, 3.05) is 0 Å². The molecule has 0 amide bonds. The van der Waals surface area contributed by atoms with Gasteiger partial charge in [0.15, 0.2) is 11.6 Å². The van der Waals surface area contributed by atoms with Gasteiger partial charge in [-0.3, -0.25) is 0 Å². The van der Waals surface area contributed by atoms with E-state index in [1.54, 1.807) is 6.07 Å². The molecule has 0 bridgehead atoms. The summed E-state index contributed by atoms with van der Waals surface area (Å²) in [6.07, 6.45) is 1.54. The maximum absolute atomic E-state index is 13.3. The predicted molar refractivity (Wildman–Crippen MR) is 55.3 cm³/mol. The molecule has 2 N–H and O–H groups in total. The average molecular weight is 211 g/mol. The largest absolute Gasteiger partial charge is 0.327 e. The van der Waals surface area contributed by atoms with Crippen LogP contribution in [0.3, 0.4) is 0 Å². The maximum Gasteiger partial charge on any atom is 0.162 e. The molecule has 1 fully saturated rings. The van der Waals surface area contributed by atoms with Crippen molar-refractivity contribution in [1.82, 2.24) is 0 Å². The van der Waals surface area contributed by atoms with E-state index in [4.69, 9.17) is 5.73 Å². The van der Waals surface area contributed by atoms with Crippen molar-refractivity contribution in [1.29, 1.82) is 0 Å². The summed E-state index contributed by atoms with van der Waals surface area (Å²) in [5.41, 5.74) is 6.32. The van der Waals surface area contributed by atoms with Crippen molar-refractivity contribution >= 4 is 0 Å². The highest BCUT2D eigenvalue weighted by molar-refractivity contribution is 5.20. The third-order valence-corrected chi connectivity index (χ3v) is 3.21. The van der Waals surface area contributed by atoms with Gasteiger partial charge >= 0.3 is 0 Å². The number of hydrogen-bond donors (Lipinski definition) is 1. The molecule has 82 valence electrons. The summed E-state index contributed by atoms with van der Waals surface area (Å²) in [6, 6.07) is 4.21. The highest BCUT2D eigenvalue weighted by atomic mass is 19.2. The molecular formula is C12H15F2N. The van der Waals surface area contributed by atoms with Gasteiger partial charge < -0.3 is 5.73 Å². The van der Waals surface area contributed by atoms with E-state index in [2.05, 4.69) is 6.92 Å². The van der Waals surface area contributed by atoms with Crippen LogP contribution in [0.2, 0.25) is 0 Å². The molecule has 15 heavy (non-hydrogen) atoms. The van der Waals surface area contributed by atoms with Crippen LogP contribution in [0.1, 0.15) is 18.9 Å². The van der Waals surface area contributed by atoms with Gasteiger partial charge in [0, 0.05) is 6.04 Å². The van der Waals surface area contributed by atoms with Crippen LogP contribution in [-0.4, -0.2) is 6.04 Å². The lowest BCUT2D eigenvalue weighted by atomic mass is 10.0. The van der Waals surface area contributed by atoms with E-state index in [0.29, 0.717) is 23.8 Å². The number of rotatable bonds is 3. The van der Waals surface area contributed by atoms with E-state index in [1.165, 1.54) is 6.07 Å². The molecule has 3 heteroatoms. The Hall–Kier alpha value is -0.960. The predicted octanol–water partition coefficient (Wildman–Crippen LogP) is 2.49. The van der Waals surface area contributed by atoms with Crippen LogP contribution in [0.25, 0.3) is 0 Å². The molecule has 1 saturated carbocycles. The lowest BCUT2D eigenvalue weighted by molar-refractivity contribution is 0.483. The van der Waals surface area contributed by atoms with E-state index >= 15 is 0 Å². The fourth-order valence-corrected chi connectivity index (χ4v) is 2.06. The lowest BCUT2D eigenvalue weighted by Gasteiger charge is -2.11. The summed E-state index contributed by atoms with van der Waals surface area (Å²) >= 11 is 0. The van der Waals surface area contributed by atoms with E-state index < -0.39 is 11.6 Å². The Morgan fingerprint density at radius 3 is 2.73 bits per heavy atom. The van der Waals surface area contributed by atoms with Gasteiger partial charge in [0.2, 0.25) is 0 Å². The Kier molecular flexibility index (Phi) is 2.74. The fourth-order valence-electron chi connectivity index (χ4n) is 2.06. The molecule has 0 saturated heterocycles. The van der Waals surface area contributed by atoms with E-state index in [1.807, 2.05) is 0 Å². The van der Waals surface area contributed by atoms with Gasteiger partial charge in [-0.25, -0.2) is 8.78 Å². The van der Waals surface area contributed by atoms with Crippen molar-refractivity contribution in [3.05, 3.63) is 35.4 Å². The number of halogens is 2. The second-order valence-electron chi connectivity index (χ2n) is 4.46. The summed E-state index contributed by atoms with van der Waals surface area (Å²) in [5.74, 6) is -0.422. The Morgan fingerprint density at radius 2 is 2.13 bits per heavy atom. The van der Waals surface area contributed by atoms with Crippen molar-refractivity contribution in [2.24, 2.45) is 17.6 Å². The minimum atomic E-state index is -0.788. The van der Waals surface area contributed by atoms with Crippen LogP contribution in [-0.2, 0) is 6.42 Å². The summed E-state index contributed by atoms with van der Waals surface area (Å²) in [7, 11) is 0. The molecule has 1 aliphatic carbocycles. The van der Waals surface area contributed by atoms with Gasteiger partial charge in [-0.05, 0) is 36.3 Å². The van der Waals surface area contributed by atoms with Gasteiger partial charge in [-0.1, -0.05) is 19.1 Å². The second kappa shape index (κ2) is 3.89. The first-order valence-corrected chi connectivity index (χ1v) is 5.28. The highest BCUT2D eigenvalue weighted by Gasteiger charge is 2.37. The van der Waals surface area contributed by atoms with Gasteiger partial charge in [-0.15, -0.1) is 0 Å². The van der Waals surface area contributed by atoms with Crippen molar-refractivity contribution < 1.29 is 8.78 Å². The first kappa shape index (κ1) is 10.6. The summed E-state index contributed by atoms with van der Waals surface area (Å²) in [4.78, 5) is 0. The first-order valence-electron chi connectivity index (χ1n) is 5.28. The molecule has 2 rings (SSSR count). The molecule has 3 unspecified atom stereocenters. The number of nitrogens with two attached hydrogens (primary N) is 1. The van der Waals surface area contributed by atoms with Crippen LogP contribution in [0.5, 0.6) is 0 Å². The molecule has 1 aliphatic rings. The van der Waals surface area contributed by atoms with Gasteiger partial charge in [0.25, 0.3) is 0 Å². The second-order valence-corrected chi connectivity index (χ2v) is 4.46. The molecule has 1 nitrogen and oxygen atoms in total. The van der Waals surface area contributed by atoms with E-state index in [9.17, 15) is 8.78 Å².